The topological polar surface area (TPSA) is 80.3 Å². The largest absolute Gasteiger partial charge is 0.438 e. The molecule has 0 bridgehead atoms. The predicted molar refractivity (Wildman–Crippen MR) is 126 cm³/mol. The summed E-state index contributed by atoms with van der Waals surface area (Å²) in [5.74, 6) is 0.700. The summed E-state index contributed by atoms with van der Waals surface area (Å²) in [5.41, 5.74) is 2.41. The highest BCUT2D eigenvalue weighted by Gasteiger charge is 2.17. The van der Waals surface area contributed by atoms with Crippen molar-refractivity contribution in [1.29, 1.82) is 5.26 Å². The van der Waals surface area contributed by atoms with E-state index in [1.807, 2.05) is 49.4 Å². The normalized spacial score (nSPS) is 11.6. The summed E-state index contributed by atoms with van der Waals surface area (Å²) in [5, 5.41) is 10.4. The van der Waals surface area contributed by atoms with Crippen LogP contribution >= 0.6 is 11.3 Å². The van der Waals surface area contributed by atoms with E-state index >= 15 is 0 Å². The van der Waals surface area contributed by atoms with E-state index in [4.69, 9.17) is 4.74 Å². The molecule has 5 rings (SSSR count). The number of aryl methyl sites for hydroxylation is 1. The molecule has 2 aromatic carbocycles. The van der Waals surface area contributed by atoms with Gasteiger partial charge >= 0.3 is 0 Å². The van der Waals surface area contributed by atoms with Crippen molar-refractivity contribution < 1.29 is 4.74 Å². The Kier molecular flexibility index (Phi) is 4.98. The lowest BCUT2D eigenvalue weighted by atomic mass is 10.2. The molecule has 32 heavy (non-hydrogen) atoms. The SMILES string of the molecule is Cc1cccc(Oc2nc3ccccn3c(=O)c2/C=C(\C#N)c2nc3ccccc3s2)c1. The minimum Gasteiger partial charge on any atom is -0.438 e. The van der Waals surface area contributed by atoms with Crippen LogP contribution in [-0.4, -0.2) is 14.4 Å². The monoisotopic (exact) mass is 436 g/mol. The molecule has 0 atom stereocenters. The number of ether oxygens (including phenoxy) is 1. The Bertz CT molecular complexity index is 1580. The summed E-state index contributed by atoms with van der Waals surface area (Å²) in [7, 11) is 0. The number of rotatable bonds is 4. The van der Waals surface area contributed by atoms with Gasteiger partial charge in [-0.25, -0.2) is 4.98 Å². The molecule has 6 nitrogen and oxygen atoms in total. The van der Waals surface area contributed by atoms with Crippen LogP contribution in [0.3, 0.4) is 0 Å². The third-order valence-corrected chi connectivity index (χ3v) is 5.94. The molecule has 0 saturated heterocycles. The van der Waals surface area contributed by atoms with E-state index in [-0.39, 0.29) is 22.6 Å². The fraction of sp³-hybridized carbons (Fsp3) is 0.0400. The van der Waals surface area contributed by atoms with Crippen LogP contribution in [0.5, 0.6) is 11.6 Å². The highest BCUT2D eigenvalue weighted by molar-refractivity contribution is 7.19. The Morgan fingerprint density at radius 3 is 2.75 bits per heavy atom. The minimum atomic E-state index is -0.327. The van der Waals surface area contributed by atoms with Crippen molar-refractivity contribution in [1.82, 2.24) is 14.4 Å². The average molecular weight is 436 g/mol. The van der Waals surface area contributed by atoms with Crippen molar-refractivity contribution in [3.05, 3.63) is 99.4 Å². The quantitative estimate of drug-likeness (QED) is 0.349. The summed E-state index contributed by atoms with van der Waals surface area (Å²) in [4.78, 5) is 22.4. The van der Waals surface area contributed by atoms with Gasteiger partial charge in [-0.05, 0) is 55.0 Å². The van der Waals surface area contributed by atoms with Crippen LogP contribution in [0.2, 0.25) is 0 Å². The molecule has 0 unspecified atom stereocenters. The lowest BCUT2D eigenvalue weighted by Crippen LogP contribution is -2.18. The molecule has 3 heterocycles. The number of para-hydroxylation sites is 1. The van der Waals surface area contributed by atoms with Crippen LogP contribution in [0.25, 0.3) is 27.5 Å². The van der Waals surface area contributed by atoms with Crippen LogP contribution in [0.15, 0.2) is 77.7 Å². The zero-order chi connectivity index (χ0) is 22.1. The second-order valence-corrected chi connectivity index (χ2v) is 8.17. The van der Waals surface area contributed by atoms with E-state index in [0.29, 0.717) is 16.4 Å². The molecule has 0 N–H and O–H groups in total. The van der Waals surface area contributed by atoms with Crippen LogP contribution in [-0.2, 0) is 0 Å². The standard InChI is InChI=1S/C25H16N4O2S/c1-16-7-6-8-18(13-16)31-23-19(25(30)29-12-5-4-11-22(29)28-23)14-17(15-26)24-27-20-9-2-3-10-21(20)32-24/h2-14H,1H3/b17-14+. The molecule has 5 aromatic rings. The number of hydrogen-bond acceptors (Lipinski definition) is 6. The van der Waals surface area contributed by atoms with Crippen molar-refractivity contribution in [3.8, 4) is 17.7 Å². The van der Waals surface area contributed by atoms with Gasteiger partial charge in [0.15, 0.2) is 0 Å². The fourth-order valence-corrected chi connectivity index (χ4v) is 4.28. The molecule has 0 fully saturated rings. The number of nitriles is 1. The van der Waals surface area contributed by atoms with Gasteiger partial charge in [-0.3, -0.25) is 9.20 Å². The number of benzene rings is 2. The summed E-state index contributed by atoms with van der Waals surface area (Å²) in [6.07, 6.45) is 3.15. The highest BCUT2D eigenvalue weighted by atomic mass is 32.1. The van der Waals surface area contributed by atoms with Gasteiger partial charge in [0, 0.05) is 6.20 Å². The fourth-order valence-electron chi connectivity index (χ4n) is 3.35. The Morgan fingerprint density at radius 2 is 1.94 bits per heavy atom. The van der Waals surface area contributed by atoms with E-state index < -0.39 is 0 Å². The van der Waals surface area contributed by atoms with Gasteiger partial charge in [0.05, 0.1) is 15.8 Å². The maximum absolute atomic E-state index is 13.3. The molecule has 0 spiro atoms. The number of nitrogens with zero attached hydrogens (tertiary/aromatic N) is 4. The van der Waals surface area contributed by atoms with Crippen molar-refractivity contribution in [2.45, 2.75) is 6.92 Å². The zero-order valence-corrected chi connectivity index (χ0v) is 17.8. The molecule has 0 radical (unpaired) electrons. The summed E-state index contributed by atoms with van der Waals surface area (Å²) >= 11 is 1.40. The van der Waals surface area contributed by atoms with E-state index in [0.717, 1.165) is 15.8 Å². The molecular weight excluding hydrogens is 420 g/mol. The van der Waals surface area contributed by atoms with E-state index in [1.54, 1.807) is 30.5 Å². The Morgan fingerprint density at radius 1 is 1.09 bits per heavy atom. The van der Waals surface area contributed by atoms with Crippen molar-refractivity contribution >= 4 is 38.8 Å². The van der Waals surface area contributed by atoms with Crippen molar-refractivity contribution in [2.75, 3.05) is 0 Å². The maximum atomic E-state index is 13.3. The van der Waals surface area contributed by atoms with Gasteiger partial charge in [-0.15, -0.1) is 11.3 Å². The number of fused-ring (bicyclic) bond motifs is 2. The van der Waals surface area contributed by atoms with Gasteiger partial charge < -0.3 is 4.74 Å². The van der Waals surface area contributed by atoms with Gasteiger partial charge in [-0.1, -0.05) is 30.3 Å². The number of pyridine rings is 1. The lowest BCUT2D eigenvalue weighted by molar-refractivity contribution is 0.460. The van der Waals surface area contributed by atoms with Gasteiger partial charge in [-0.2, -0.15) is 10.2 Å². The first-order chi connectivity index (χ1) is 15.6. The Labute approximate surface area is 187 Å². The van der Waals surface area contributed by atoms with E-state index in [9.17, 15) is 10.1 Å². The Hall–Kier alpha value is -4.28. The zero-order valence-electron chi connectivity index (χ0n) is 17.0. The van der Waals surface area contributed by atoms with Crippen LogP contribution in [0.1, 0.15) is 16.1 Å². The third kappa shape index (κ3) is 3.64. The van der Waals surface area contributed by atoms with Gasteiger partial charge in [0.1, 0.15) is 28.0 Å². The van der Waals surface area contributed by atoms with Gasteiger partial charge in [0.25, 0.3) is 5.56 Å². The smallest absolute Gasteiger partial charge is 0.269 e. The van der Waals surface area contributed by atoms with Crippen molar-refractivity contribution in [2.24, 2.45) is 0 Å². The maximum Gasteiger partial charge on any atom is 0.269 e. The van der Waals surface area contributed by atoms with Crippen LogP contribution in [0.4, 0.5) is 0 Å². The summed E-state index contributed by atoms with van der Waals surface area (Å²) in [6, 6.07) is 22.6. The molecule has 0 saturated carbocycles. The molecule has 0 aliphatic carbocycles. The highest BCUT2D eigenvalue weighted by Crippen LogP contribution is 2.30. The number of aromatic nitrogens is 3. The second-order valence-electron chi connectivity index (χ2n) is 7.14. The number of thiazole rings is 1. The number of allylic oxidation sites excluding steroid dienone is 1. The number of hydrogen-bond donors (Lipinski definition) is 0. The molecule has 0 amide bonds. The first-order valence-electron chi connectivity index (χ1n) is 9.86. The van der Waals surface area contributed by atoms with E-state index in [1.165, 1.54) is 21.8 Å². The lowest BCUT2D eigenvalue weighted by Gasteiger charge is -2.10. The minimum absolute atomic E-state index is 0.140. The molecule has 0 aliphatic rings. The van der Waals surface area contributed by atoms with E-state index in [2.05, 4.69) is 16.0 Å². The molecule has 0 aliphatic heterocycles. The Balaban J connectivity index is 1.71. The van der Waals surface area contributed by atoms with Crippen LogP contribution in [0, 0.1) is 18.3 Å². The predicted octanol–water partition coefficient (Wildman–Crippen LogP) is 5.47. The summed E-state index contributed by atoms with van der Waals surface area (Å²) in [6.45, 7) is 1.96. The second kappa shape index (κ2) is 8.10. The third-order valence-electron chi connectivity index (χ3n) is 4.87. The first-order valence-corrected chi connectivity index (χ1v) is 10.7. The molecule has 154 valence electrons. The van der Waals surface area contributed by atoms with Crippen molar-refractivity contribution in [3.63, 3.8) is 0 Å². The molecular formula is C25H16N4O2S. The van der Waals surface area contributed by atoms with Crippen LogP contribution < -0.4 is 10.3 Å². The molecule has 7 heteroatoms. The molecule has 3 aromatic heterocycles. The van der Waals surface area contributed by atoms with Gasteiger partial charge in [0.2, 0.25) is 5.88 Å². The average Bonchev–Trinajstić information content (AvgIpc) is 3.23. The first kappa shape index (κ1) is 19.7. The summed E-state index contributed by atoms with van der Waals surface area (Å²) < 4.78 is 8.42.